The van der Waals surface area contributed by atoms with Crippen LogP contribution in [0.3, 0.4) is 0 Å². The summed E-state index contributed by atoms with van der Waals surface area (Å²) in [5, 5.41) is 3.72. The number of rotatable bonds is 2. The maximum absolute atomic E-state index is 3.72. The maximum Gasteiger partial charge on any atom is 0.0218 e. The van der Waals surface area contributed by atoms with Gasteiger partial charge in [-0.3, -0.25) is 4.90 Å². The zero-order valence-corrected chi connectivity index (χ0v) is 12.9. The van der Waals surface area contributed by atoms with Gasteiger partial charge in [-0.25, -0.2) is 0 Å². The molecule has 0 aromatic rings. The van der Waals surface area contributed by atoms with Crippen LogP contribution in [-0.4, -0.2) is 36.1 Å². The van der Waals surface area contributed by atoms with Crippen LogP contribution in [0.1, 0.15) is 53.9 Å². The summed E-state index contributed by atoms with van der Waals surface area (Å²) >= 11 is 0. The molecular formula is C16H32N2. The zero-order chi connectivity index (χ0) is 13.3. The van der Waals surface area contributed by atoms with E-state index in [1.807, 2.05) is 0 Å². The van der Waals surface area contributed by atoms with Crippen molar-refractivity contribution in [3.05, 3.63) is 0 Å². The Morgan fingerprint density at radius 1 is 1.11 bits per heavy atom. The molecule has 18 heavy (non-hydrogen) atoms. The van der Waals surface area contributed by atoms with Gasteiger partial charge in [-0.15, -0.1) is 0 Å². The molecule has 1 aliphatic heterocycles. The molecule has 0 spiro atoms. The molecule has 1 saturated heterocycles. The Bertz CT molecular complexity index is 264. The number of piperazine rings is 1. The Hall–Kier alpha value is -0.0800. The quantitative estimate of drug-likeness (QED) is 0.812. The summed E-state index contributed by atoms with van der Waals surface area (Å²) in [5.41, 5.74) is 0. The van der Waals surface area contributed by atoms with Gasteiger partial charge in [-0.05, 0) is 43.9 Å². The molecule has 2 aliphatic rings. The predicted molar refractivity (Wildman–Crippen MR) is 78.8 cm³/mol. The van der Waals surface area contributed by atoms with Gasteiger partial charge in [0.2, 0.25) is 0 Å². The van der Waals surface area contributed by atoms with Crippen molar-refractivity contribution >= 4 is 0 Å². The van der Waals surface area contributed by atoms with Crippen LogP contribution in [0.2, 0.25) is 0 Å². The second-order valence-corrected chi connectivity index (χ2v) is 7.27. The zero-order valence-electron chi connectivity index (χ0n) is 12.9. The van der Waals surface area contributed by atoms with E-state index in [2.05, 4.69) is 44.8 Å². The average Bonchev–Trinajstić information content (AvgIpc) is 2.30. The van der Waals surface area contributed by atoms with Gasteiger partial charge in [0.05, 0.1) is 0 Å². The van der Waals surface area contributed by atoms with Crippen LogP contribution in [-0.2, 0) is 0 Å². The maximum atomic E-state index is 3.72. The van der Waals surface area contributed by atoms with Gasteiger partial charge in [0.1, 0.15) is 0 Å². The molecule has 0 aromatic carbocycles. The largest absolute Gasteiger partial charge is 0.311 e. The monoisotopic (exact) mass is 252 g/mol. The second-order valence-electron chi connectivity index (χ2n) is 7.27. The summed E-state index contributed by atoms with van der Waals surface area (Å²) in [5.74, 6) is 2.57. The van der Waals surface area contributed by atoms with Crippen molar-refractivity contribution in [3.8, 4) is 0 Å². The van der Waals surface area contributed by atoms with Crippen LogP contribution in [0, 0.1) is 17.8 Å². The van der Waals surface area contributed by atoms with Gasteiger partial charge >= 0.3 is 0 Å². The normalized spacial score (nSPS) is 43.3. The van der Waals surface area contributed by atoms with Gasteiger partial charge in [-0.2, -0.15) is 0 Å². The van der Waals surface area contributed by atoms with Crippen LogP contribution in [0.15, 0.2) is 0 Å². The minimum atomic E-state index is 0.688. The van der Waals surface area contributed by atoms with E-state index in [-0.39, 0.29) is 0 Å². The first-order valence-corrected chi connectivity index (χ1v) is 7.98. The molecular weight excluding hydrogens is 220 g/mol. The van der Waals surface area contributed by atoms with E-state index in [9.17, 15) is 0 Å². The molecule has 2 nitrogen and oxygen atoms in total. The SMILES string of the molecule is CC1CCC(N2CC(C(C)C)NCC2C)C(C)C1. The van der Waals surface area contributed by atoms with Crippen molar-refractivity contribution in [2.75, 3.05) is 13.1 Å². The Kier molecular flexibility index (Phi) is 4.71. The third kappa shape index (κ3) is 3.08. The Balaban J connectivity index is 2.01. The minimum Gasteiger partial charge on any atom is -0.311 e. The van der Waals surface area contributed by atoms with E-state index >= 15 is 0 Å². The molecule has 2 heteroatoms. The van der Waals surface area contributed by atoms with Crippen molar-refractivity contribution in [2.45, 2.75) is 72.0 Å². The van der Waals surface area contributed by atoms with E-state index in [0.29, 0.717) is 12.1 Å². The lowest BCUT2D eigenvalue weighted by molar-refractivity contribution is 0.0252. The van der Waals surface area contributed by atoms with Gasteiger partial charge in [-0.1, -0.05) is 27.7 Å². The van der Waals surface area contributed by atoms with E-state index in [4.69, 9.17) is 0 Å². The second kappa shape index (κ2) is 5.92. The summed E-state index contributed by atoms with van der Waals surface area (Å²) in [4.78, 5) is 2.82. The third-order valence-electron chi connectivity index (χ3n) is 5.27. The highest BCUT2D eigenvalue weighted by Crippen LogP contribution is 2.33. The van der Waals surface area contributed by atoms with Crippen molar-refractivity contribution in [2.24, 2.45) is 17.8 Å². The lowest BCUT2D eigenvalue weighted by Gasteiger charge is -2.48. The molecule has 0 aromatic heterocycles. The highest BCUT2D eigenvalue weighted by Gasteiger charge is 2.36. The molecule has 106 valence electrons. The van der Waals surface area contributed by atoms with E-state index in [1.165, 1.54) is 32.4 Å². The smallest absolute Gasteiger partial charge is 0.0218 e. The highest BCUT2D eigenvalue weighted by atomic mass is 15.3. The molecule has 1 heterocycles. The molecule has 0 radical (unpaired) electrons. The number of nitrogens with zero attached hydrogens (tertiary/aromatic N) is 1. The minimum absolute atomic E-state index is 0.688. The van der Waals surface area contributed by atoms with Gasteiger partial charge in [0.25, 0.3) is 0 Å². The van der Waals surface area contributed by atoms with Crippen LogP contribution in [0.4, 0.5) is 0 Å². The fourth-order valence-corrected chi connectivity index (χ4v) is 3.96. The fraction of sp³-hybridized carbons (Fsp3) is 1.00. The lowest BCUT2D eigenvalue weighted by atomic mass is 9.78. The molecule has 5 atom stereocenters. The van der Waals surface area contributed by atoms with Crippen LogP contribution < -0.4 is 5.32 Å². The first-order chi connectivity index (χ1) is 8.49. The standard InChI is InChI=1S/C16H32N2/c1-11(2)15-10-18(14(5)9-17-15)16-7-6-12(3)8-13(16)4/h11-17H,6-10H2,1-5H3. The first-order valence-electron chi connectivity index (χ1n) is 7.98. The molecule has 2 fully saturated rings. The summed E-state index contributed by atoms with van der Waals surface area (Å²) in [6.45, 7) is 14.4. The van der Waals surface area contributed by atoms with Gasteiger partial charge in [0.15, 0.2) is 0 Å². The van der Waals surface area contributed by atoms with Crippen molar-refractivity contribution in [1.82, 2.24) is 10.2 Å². The predicted octanol–water partition coefficient (Wildman–Crippen LogP) is 3.13. The number of nitrogens with one attached hydrogen (secondary N) is 1. The molecule has 1 aliphatic carbocycles. The Labute approximate surface area is 114 Å². The highest BCUT2D eigenvalue weighted by molar-refractivity contribution is 4.92. The van der Waals surface area contributed by atoms with E-state index in [0.717, 1.165) is 23.8 Å². The molecule has 0 bridgehead atoms. The molecule has 1 N–H and O–H groups in total. The summed E-state index contributed by atoms with van der Waals surface area (Å²) < 4.78 is 0. The van der Waals surface area contributed by atoms with E-state index < -0.39 is 0 Å². The number of hydrogen-bond donors (Lipinski definition) is 1. The topological polar surface area (TPSA) is 15.3 Å². The summed E-state index contributed by atoms with van der Waals surface area (Å²) in [7, 11) is 0. The molecule has 1 saturated carbocycles. The average molecular weight is 252 g/mol. The van der Waals surface area contributed by atoms with Crippen LogP contribution in [0.5, 0.6) is 0 Å². The Morgan fingerprint density at radius 3 is 2.44 bits per heavy atom. The van der Waals surface area contributed by atoms with E-state index in [1.54, 1.807) is 0 Å². The third-order valence-corrected chi connectivity index (χ3v) is 5.27. The Morgan fingerprint density at radius 2 is 1.83 bits per heavy atom. The molecule has 5 unspecified atom stereocenters. The summed E-state index contributed by atoms with van der Waals surface area (Å²) in [6, 6.07) is 2.23. The van der Waals surface area contributed by atoms with Gasteiger partial charge in [0, 0.05) is 31.2 Å². The fourth-order valence-electron chi connectivity index (χ4n) is 3.96. The molecule has 0 amide bonds. The van der Waals surface area contributed by atoms with Crippen molar-refractivity contribution < 1.29 is 0 Å². The van der Waals surface area contributed by atoms with Crippen molar-refractivity contribution in [1.29, 1.82) is 0 Å². The van der Waals surface area contributed by atoms with Crippen LogP contribution >= 0.6 is 0 Å². The van der Waals surface area contributed by atoms with Gasteiger partial charge < -0.3 is 5.32 Å². The molecule has 2 rings (SSSR count). The summed E-state index contributed by atoms with van der Waals surface area (Å²) in [6.07, 6.45) is 4.27. The lowest BCUT2D eigenvalue weighted by Crippen LogP contribution is -2.61. The van der Waals surface area contributed by atoms with Crippen LogP contribution in [0.25, 0.3) is 0 Å². The van der Waals surface area contributed by atoms with Crippen molar-refractivity contribution in [3.63, 3.8) is 0 Å². The first kappa shape index (κ1) is 14.3. The number of hydrogen-bond acceptors (Lipinski definition) is 2.